The van der Waals surface area contributed by atoms with Gasteiger partial charge in [-0.1, -0.05) is 18.2 Å². The van der Waals surface area contributed by atoms with E-state index >= 15 is 0 Å². The van der Waals surface area contributed by atoms with Crippen LogP contribution in [0.2, 0.25) is 0 Å². The van der Waals surface area contributed by atoms with Gasteiger partial charge in [0.25, 0.3) is 0 Å². The SMILES string of the molecule is C#CCCCCNC(=O)C1CCNc2ccccc21. The molecule has 0 radical (unpaired) electrons. The van der Waals surface area contributed by atoms with Gasteiger partial charge in [-0.3, -0.25) is 4.79 Å². The predicted octanol–water partition coefficient (Wildman–Crippen LogP) is 2.51. The highest BCUT2D eigenvalue weighted by molar-refractivity contribution is 5.86. The molecule has 0 spiro atoms. The summed E-state index contributed by atoms with van der Waals surface area (Å²) in [4.78, 5) is 12.2. The lowest BCUT2D eigenvalue weighted by atomic mass is 9.90. The summed E-state index contributed by atoms with van der Waals surface area (Å²) in [5.74, 6) is 2.72. The number of amides is 1. The maximum absolute atomic E-state index is 12.2. The third kappa shape index (κ3) is 3.51. The zero-order chi connectivity index (χ0) is 13.5. The van der Waals surface area contributed by atoms with Gasteiger partial charge >= 0.3 is 0 Å². The maximum Gasteiger partial charge on any atom is 0.227 e. The number of anilines is 1. The molecular weight excluding hydrogens is 236 g/mol. The molecule has 3 heteroatoms. The van der Waals surface area contributed by atoms with Crippen molar-refractivity contribution in [3.05, 3.63) is 29.8 Å². The molecule has 0 bridgehead atoms. The first-order chi connectivity index (χ1) is 9.33. The van der Waals surface area contributed by atoms with Gasteiger partial charge in [-0.15, -0.1) is 12.3 Å². The van der Waals surface area contributed by atoms with Crippen molar-refractivity contribution in [2.75, 3.05) is 18.4 Å². The van der Waals surface area contributed by atoms with Crippen LogP contribution in [0.25, 0.3) is 0 Å². The molecule has 0 saturated carbocycles. The second-order valence-corrected chi connectivity index (χ2v) is 4.81. The summed E-state index contributed by atoms with van der Waals surface area (Å²) in [6, 6.07) is 8.04. The fourth-order valence-corrected chi connectivity index (χ4v) is 2.43. The lowest BCUT2D eigenvalue weighted by molar-refractivity contribution is -0.122. The largest absolute Gasteiger partial charge is 0.385 e. The van der Waals surface area contributed by atoms with Gasteiger partial charge in [0.15, 0.2) is 0 Å². The molecule has 0 fully saturated rings. The first-order valence-corrected chi connectivity index (χ1v) is 6.87. The van der Waals surface area contributed by atoms with Crippen molar-refractivity contribution in [2.45, 2.75) is 31.6 Å². The smallest absolute Gasteiger partial charge is 0.227 e. The van der Waals surface area contributed by atoms with Gasteiger partial charge in [-0.2, -0.15) is 0 Å². The van der Waals surface area contributed by atoms with E-state index < -0.39 is 0 Å². The van der Waals surface area contributed by atoms with Gasteiger partial charge in [0, 0.05) is 25.2 Å². The van der Waals surface area contributed by atoms with E-state index in [1.807, 2.05) is 24.3 Å². The molecule has 0 aliphatic carbocycles. The summed E-state index contributed by atoms with van der Waals surface area (Å²) in [6.45, 7) is 1.57. The Kier molecular flexibility index (Phi) is 4.85. The lowest BCUT2D eigenvalue weighted by Gasteiger charge is -2.25. The van der Waals surface area contributed by atoms with Crippen LogP contribution in [0, 0.1) is 12.3 Å². The summed E-state index contributed by atoms with van der Waals surface area (Å²) >= 11 is 0. The van der Waals surface area contributed by atoms with Gasteiger partial charge < -0.3 is 10.6 Å². The van der Waals surface area contributed by atoms with E-state index in [9.17, 15) is 4.79 Å². The predicted molar refractivity (Wildman–Crippen MR) is 78.0 cm³/mol. The molecule has 3 nitrogen and oxygen atoms in total. The first-order valence-electron chi connectivity index (χ1n) is 6.87. The molecule has 0 saturated heterocycles. The van der Waals surface area contributed by atoms with Crippen LogP contribution in [0.15, 0.2) is 24.3 Å². The minimum atomic E-state index is -0.0231. The van der Waals surface area contributed by atoms with Crippen molar-refractivity contribution in [2.24, 2.45) is 0 Å². The lowest BCUT2D eigenvalue weighted by Crippen LogP contribution is -2.33. The molecule has 1 aliphatic heterocycles. The van der Waals surface area contributed by atoms with Gasteiger partial charge in [0.1, 0.15) is 0 Å². The van der Waals surface area contributed by atoms with Crippen LogP contribution < -0.4 is 10.6 Å². The third-order valence-corrected chi connectivity index (χ3v) is 3.45. The van der Waals surface area contributed by atoms with E-state index in [0.717, 1.165) is 43.5 Å². The van der Waals surface area contributed by atoms with Gasteiger partial charge in [-0.05, 0) is 30.9 Å². The van der Waals surface area contributed by atoms with E-state index in [2.05, 4.69) is 16.6 Å². The molecule has 1 aromatic carbocycles. The summed E-state index contributed by atoms with van der Waals surface area (Å²) in [5.41, 5.74) is 2.19. The highest BCUT2D eigenvalue weighted by atomic mass is 16.1. The zero-order valence-electron chi connectivity index (χ0n) is 11.1. The molecule has 2 rings (SSSR count). The van der Waals surface area contributed by atoms with Crippen LogP contribution in [-0.4, -0.2) is 19.0 Å². The van der Waals surface area contributed by atoms with E-state index in [0.29, 0.717) is 6.54 Å². The maximum atomic E-state index is 12.2. The highest BCUT2D eigenvalue weighted by Crippen LogP contribution is 2.31. The minimum absolute atomic E-state index is 0.0231. The second-order valence-electron chi connectivity index (χ2n) is 4.81. The van der Waals surface area contributed by atoms with Crippen LogP contribution in [0.4, 0.5) is 5.69 Å². The van der Waals surface area contributed by atoms with Gasteiger partial charge in [0.05, 0.1) is 5.92 Å². The third-order valence-electron chi connectivity index (χ3n) is 3.45. The first kappa shape index (κ1) is 13.5. The number of rotatable bonds is 5. The Morgan fingerprint density at radius 2 is 2.26 bits per heavy atom. The van der Waals surface area contributed by atoms with E-state index in [-0.39, 0.29) is 11.8 Å². The number of para-hydroxylation sites is 1. The molecular formula is C16H20N2O. The number of carbonyl (C=O) groups excluding carboxylic acids is 1. The molecule has 100 valence electrons. The normalized spacial score (nSPS) is 16.9. The molecule has 1 aliphatic rings. The monoisotopic (exact) mass is 256 g/mol. The van der Waals surface area contributed by atoms with Gasteiger partial charge in [-0.25, -0.2) is 0 Å². The summed E-state index contributed by atoms with van der Waals surface area (Å²) < 4.78 is 0. The number of benzene rings is 1. The average molecular weight is 256 g/mol. The van der Waals surface area contributed by atoms with E-state index in [4.69, 9.17) is 6.42 Å². The van der Waals surface area contributed by atoms with E-state index in [1.165, 1.54) is 0 Å². The fraction of sp³-hybridized carbons (Fsp3) is 0.438. The van der Waals surface area contributed by atoms with Crippen LogP contribution in [0.3, 0.4) is 0 Å². The Hall–Kier alpha value is -1.95. The molecule has 19 heavy (non-hydrogen) atoms. The Bertz CT molecular complexity index is 476. The van der Waals surface area contributed by atoms with Crippen molar-refractivity contribution >= 4 is 11.6 Å². The van der Waals surface area contributed by atoms with Crippen molar-refractivity contribution in [1.29, 1.82) is 0 Å². The summed E-state index contributed by atoms with van der Waals surface area (Å²) in [5, 5.41) is 6.35. The Morgan fingerprint density at radius 3 is 3.11 bits per heavy atom. The Morgan fingerprint density at radius 1 is 1.42 bits per heavy atom. The minimum Gasteiger partial charge on any atom is -0.385 e. The molecule has 0 aromatic heterocycles. The molecule has 1 unspecified atom stereocenters. The van der Waals surface area contributed by atoms with Crippen molar-refractivity contribution in [3.8, 4) is 12.3 Å². The van der Waals surface area contributed by atoms with E-state index in [1.54, 1.807) is 0 Å². The second kappa shape index (κ2) is 6.84. The summed E-state index contributed by atoms with van der Waals surface area (Å²) in [6.07, 6.45) is 8.75. The number of unbranched alkanes of at least 4 members (excludes halogenated alkanes) is 2. The number of hydrogen-bond donors (Lipinski definition) is 2. The number of nitrogens with one attached hydrogen (secondary N) is 2. The highest BCUT2D eigenvalue weighted by Gasteiger charge is 2.25. The van der Waals surface area contributed by atoms with Crippen LogP contribution in [-0.2, 0) is 4.79 Å². The van der Waals surface area contributed by atoms with Gasteiger partial charge in [0.2, 0.25) is 5.91 Å². The number of fused-ring (bicyclic) bond motifs is 1. The number of carbonyl (C=O) groups is 1. The standard InChI is InChI=1S/C16H20N2O/c1-2-3-4-7-11-18-16(19)14-10-12-17-15-9-6-5-8-13(14)15/h1,5-6,8-9,14,17H,3-4,7,10-12H2,(H,18,19). The molecule has 1 heterocycles. The molecule has 2 N–H and O–H groups in total. The molecule has 1 amide bonds. The van der Waals surface area contributed by atoms with Crippen molar-refractivity contribution in [3.63, 3.8) is 0 Å². The molecule has 1 atom stereocenters. The zero-order valence-corrected chi connectivity index (χ0v) is 11.1. The number of terminal acetylenes is 1. The summed E-state index contributed by atoms with van der Waals surface area (Å²) in [7, 11) is 0. The number of hydrogen-bond acceptors (Lipinski definition) is 2. The van der Waals surface area contributed by atoms with Crippen molar-refractivity contribution < 1.29 is 4.79 Å². The van der Waals surface area contributed by atoms with Crippen LogP contribution in [0.5, 0.6) is 0 Å². The molecule has 1 aromatic rings. The Labute approximate surface area is 114 Å². The van der Waals surface area contributed by atoms with Crippen LogP contribution in [0.1, 0.15) is 37.2 Å². The average Bonchev–Trinajstić information content (AvgIpc) is 2.46. The topological polar surface area (TPSA) is 41.1 Å². The quantitative estimate of drug-likeness (QED) is 0.628. The van der Waals surface area contributed by atoms with Crippen molar-refractivity contribution in [1.82, 2.24) is 5.32 Å². The fourth-order valence-electron chi connectivity index (χ4n) is 2.43. The van der Waals surface area contributed by atoms with Crippen LogP contribution >= 0.6 is 0 Å². The Balaban J connectivity index is 1.89.